The van der Waals surface area contributed by atoms with E-state index in [1.54, 1.807) is 25.1 Å². The predicted octanol–water partition coefficient (Wildman–Crippen LogP) is 4.82. The van der Waals surface area contributed by atoms with Crippen LogP contribution in [0.4, 0.5) is 23.7 Å². The topological polar surface area (TPSA) is 118 Å². The Labute approximate surface area is 294 Å². The molecule has 3 aliphatic heterocycles. The number of carbonyl (C=O) groups excluding carboxylic acids is 2. The first-order valence-corrected chi connectivity index (χ1v) is 18.0. The number of halogens is 3. The molecule has 51 heavy (non-hydrogen) atoms. The molecule has 2 amide bonds. The Morgan fingerprint density at radius 2 is 1.55 bits per heavy atom. The van der Waals surface area contributed by atoms with Crippen LogP contribution < -0.4 is 18.5 Å². The summed E-state index contributed by atoms with van der Waals surface area (Å²) in [5.74, 6) is -1.98. The number of benzene rings is 3. The molecule has 274 valence electrons. The number of hydrogen-bond donors (Lipinski definition) is 0. The number of likely N-dealkylation sites (tertiary alicyclic amines) is 1. The highest BCUT2D eigenvalue weighted by molar-refractivity contribution is 7.93. The van der Waals surface area contributed by atoms with Crippen molar-refractivity contribution in [2.75, 3.05) is 64.3 Å². The first-order valence-electron chi connectivity index (χ1n) is 16.6. The lowest BCUT2D eigenvalue weighted by molar-refractivity contribution is -0.275. The van der Waals surface area contributed by atoms with E-state index in [9.17, 15) is 26.4 Å². The van der Waals surface area contributed by atoms with E-state index < -0.39 is 44.6 Å². The van der Waals surface area contributed by atoms with Crippen molar-refractivity contribution in [3.05, 3.63) is 77.9 Å². The Hall–Kier alpha value is -4.54. The molecule has 3 aromatic rings. The molecule has 0 saturated carbocycles. The number of sulfonamides is 1. The Kier molecular flexibility index (Phi) is 10.1. The van der Waals surface area contributed by atoms with Gasteiger partial charge in [0.05, 0.1) is 25.0 Å². The number of carbonyl (C=O) groups is 2. The molecule has 0 spiro atoms. The molecule has 12 nitrogen and oxygen atoms in total. The first-order chi connectivity index (χ1) is 24.3. The number of amides is 2. The number of anilines is 1. The molecular formula is C35H39F3N4O8S. The van der Waals surface area contributed by atoms with Crippen molar-refractivity contribution in [3.63, 3.8) is 0 Å². The van der Waals surface area contributed by atoms with E-state index in [0.717, 1.165) is 38.1 Å². The van der Waals surface area contributed by atoms with Crippen molar-refractivity contribution < 1.29 is 50.1 Å². The van der Waals surface area contributed by atoms with Gasteiger partial charge in [0, 0.05) is 37.8 Å². The summed E-state index contributed by atoms with van der Waals surface area (Å²) >= 11 is 0. The van der Waals surface area contributed by atoms with Crippen molar-refractivity contribution in [2.45, 2.75) is 42.7 Å². The van der Waals surface area contributed by atoms with E-state index in [-0.39, 0.29) is 48.0 Å². The molecule has 0 aliphatic carbocycles. The molecule has 0 radical (unpaired) electrons. The van der Waals surface area contributed by atoms with Gasteiger partial charge < -0.3 is 28.7 Å². The lowest BCUT2D eigenvalue weighted by Gasteiger charge is -2.42. The van der Waals surface area contributed by atoms with Gasteiger partial charge in [0.25, 0.3) is 15.9 Å². The van der Waals surface area contributed by atoms with E-state index in [1.807, 2.05) is 0 Å². The molecule has 0 aromatic heterocycles. The Balaban J connectivity index is 1.45. The van der Waals surface area contributed by atoms with Crippen LogP contribution in [0.15, 0.2) is 71.6 Å². The van der Waals surface area contributed by atoms with E-state index in [1.165, 1.54) is 48.4 Å². The summed E-state index contributed by atoms with van der Waals surface area (Å²) in [5, 5.41) is 0. The Bertz CT molecular complexity index is 1880. The third-order valence-electron chi connectivity index (χ3n) is 9.46. The number of piperidine rings is 1. The number of alkyl halides is 3. The second-order valence-corrected chi connectivity index (χ2v) is 14.2. The molecule has 1 unspecified atom stereocenters. The molecule has 3 aromatic carbocycles. The Morgan fingerprint density at radius 1 is 0.902 bits per heavy atom. The van der Waals surface area contributed by atoms with Crippen molar-refractivity contribution in [1.29, 1.82) is 0 Å². The van der Waals surface area contributed by atoms with Crippen LogP contribution in [0.25, 0.3) is 0 Å². The van der Waals surface area contributed by atoms with Crippen molar-refractivity contribution in [2.24, 2.45) is 0 Å². The van der Waals surface area contributed by atoms with Gasteiger partial charge in [-0.25, -0.2) is 13.2 Å². The lowest BCUT2D eigenvalue weighted by Crippen LogP contribution is -2.55. The van der Waals surface area contributed by atoms with Gasteiger partial charge >= 0.3 is 12.5 Å². The maximum absolute atomic E-state index is 15.0. The summed E-state index contributed by atoms with van der Waals surface area (Å²) in [6.07, 6.45) is -4.11. The highest BCUT2D eigenvalue weighted by atomic mass is 32.2. The zero-order valence-corrected chi connectivity index (χ0v) is 29.2. The molecule has 1 atom stereocenters. The van der Waals surface area contributed by atoms with Gasteiger partial charge in [0.2, 0.25) is 5.60 Å². The average Bonchev–Trinajstić information content (AvgIpc) is 3.36. The summed E-state index contributed by atoms with van der Waals surface area (Å²) in [5.41, 5.74) is -2.80. The van der Waals surface area contributed by atoms with Gasteiger partial charge in [-0.3, -0.25) is 9.69 Å². The van der Waals surface area contributed by atoms with Crippen molar-refractivity contribution in [1.82, 2.24) is 14.7 Å². The van der Waals surface area contributed by atoms with Crippen molar-refractivity contribution in [3.8, 4) is 17.2 Å². The SMILES string of the molecule is CCOc1ccccc1C1(OC(=O)N2CCN(C3CCN(C)CC3)CC2)C(=O)N(S(=O)(=O)c2ccccc2OC(F)(F)F)c2ccc(OC)cc21. The summed E-state index contributed by atoms with van der Waals surface area (Å²) in [6, 6.07) is 14.8. The summed E-state index contributed by atoms with van der Waals surface area (Å²) in [7, 11) is -1.70. The highest BCUT2D eigenvalue weighted by Gasteiger charge is 2.61. The molecule has 0 bridgehead atoms. The molecule has 2 saturated heterocycles. The number of nitrogens with zero attached hydrogens (tertiary/aromatic N) is 4. The van der Waals surface area contributed by atoms with Crippen LogP contribution in [-0.2, 0) is 25.2 Å². The van der Waals surface area contributed by atoms with Gasteiger partial charge in [0.15, 0.2) is 0 Å². The third kappa shape index (κ3) is 6.91. The fraction of sp³-hybridized carbons (Fsp3) is 0.429. The Morgan fingerprint density at radius 3 is 2.20 bits per heavy atom. The number of hydrogen-bond acceptors (Lipinski definition) is 10. The minimum absolute atomic E-state index is 0.0159. The van der Waals surface area contributed by atoms with Crippen LogP contribution in [0.2, 0.25) is 0 Å². The minimum Gasteiger partial charge on any atom is -0.497 e. The number of rotatable bonds is 9. The number of ether oxygens (including phenoxy) is 4. The molecular weight excluding hydrogens is 693 g/mol. The summed E-state index contributed by atoms with van der Waals surface area (Å²) < 4.78 is 91.1. The number of fused-ring (bicyclic) bond motifs is 1. The van der Waals surface area contributed by atoms with Gasteiger partial charge in [-0.05, 0) is 76.3 Å². The fourth-order valence-electron chi connectivity index (χ4n) is 6.96. The van der Waals surface area contributed by atoms with Crippen LogP contribution in [0.1, 0.15) is 30.9 Å². The molecule has 3 aliphatic rings. The van der Waals surface area contributed by atoms with Crippen LogP contribution >= 0.6 is 0 Å². The van der Waals surface area contributed by atoms with Crippen LogP contribution in [0.5, 0.6) is 17.2 Å². The number of methoxy groups -OCH3 is 1. The minimum atomic E-state index is -5.24. The number of para-hydroxylation sites is 2. The van der Waals surface area contributed by atoms with Crippen LogP contribution in [-0.4, -0.2) is 108 Å². The summed E-state index contributed by atoms with van der Waals surface area (Å²) in [6.45, 7) is 5.53. The number of piperazine rings is 1. The maximum atomic E-state index is 15.0. The molecule has 0 N–H and O–H groups in total. The molecule has 3 heterocycles. The van der Waals surface area contributed by atoms with Gasteiger partial charge in [0.1, 0.15) is 22.1 Å². The quantitative estimate of drug-likeness (QED) is 0.303. The van der Waals surface area contributed by atoms with E-state index in [4.69, 9.17) is 14.2 Å². The highest BCUT2D eigenvalue weighted by Crippen LogP contribution is 2.53. The smallest absolute Gasteiger partial charge is 0.497 e. The van der Waals surface area contributed by atoms with Crippen LogP contribution in [0, 0.1) is 0 Å². The zero-order chi connectivity index (χ0) is 36.6. The van der Waals surface area contributed by atoms with Gasteiger partial charge in [-0.15, -0.1) is 13.2 Å². The fourth-order valence-corrected chi connectivity index (χ4v) is 8.53. The third-order valence-corrected chi connectivity index (χ3v) is 11.2. The predicted molar refractivity (Wildman–Crippen MR) is 179 cm³/mol. The van der Waals surface area contributed by atoms with Gasteiger partial charge in [-0.2, -0.15) is 4.31 Å². The average molecular weight is 733 g/mol. The standard InChI is InChI=1S/C35H39F3N4O8S/c1-4-48-29-10-6-5-9-26(29)34(50-33(44)41-21-19-40(20-22-41)24-15-17-39(2)18-16-24)27-23-25(47-3)13-14-28(27)42(32(34)43)51(45,46)31-12-8-7-11-30(31)49-35(36,37)38/h5-14,23-24H,4,15-22H2,1-3H3. The normalized spacial score (nSPS) is 20.6. The van der Waals surface area contributed by atoms with Crippen molar-refractivity contribution >= 4 is 27.7 Å². The van der Waals surface area contributed by atoms with Crippen LogP contribution in [0.3, 0.4) is 0 Å². The zero-order valence-electron chi connectivity index (χ0n) is 28.4. The second-order valence-electron chi connectivity index (χ2n) is 12.5. The van der Waals surface area contributed by atoms with E-state index >= 15 is 4.79 Å². The molecule has 16 heteroatoms. The van der Waals surface area contributed by atoms with E-state index in [2.05, 4.69) is 21.6 Å². The first kappa shape index (κ1) is 36.3. The monoisotopic (exact) mass is 732 g/mol. The largest absolute Gasteiger partial charge is 0.573 e. The molecule has 6 rings (SSSR count). The second kappa shape index (κ2) is 14.2. The van der Waals surface area contributed by atoms with Gasteiger partial charge in [-0.1, -0.05) is 30.3 Å². The lowest BCUT2D eigenvalue weighted by atomic mass is 9.86. The molecule has 2 fully saturated rings. The maximum Gasteiger partial charge on any atom is 0.573 e. The van der Waals surface area contributed by atoms with E-state index in [0.29, 0.717) is 23.4 Å². The summed E-state index contributed by atoms with van der Waals surface area (Å²) in [4.78, 5) is 34.4.